The molecule has 0 aliphatic rings. The van der Waals surface area contributed by atoms with Gasteiger partial charge in [-0.15, -0.1) is 0 Å². The fraction of sp³-hybridized carbons (Fsp3) is 0.727. The van der Waals surface area contributed by atoms with Gasteiger partial charge >= 0.3 is 18.0 Å². The van der Waals surface area contributed by atoms with Crippen molar-refractivity contribution in [3.8, 4) is 0 Å². The van der Waals surface area contributed by atoms with E-state index in [2.05, 4.69) is 10.1 Å². The standard InChI is InChI=1S/C11H19NO6/c1-11(2,3)6(8(13)14)5-7(9(15)16)12-10(17)18-4/h6-7H,5H2,1-4H3,(H,12,17)(H,13,14)(H,15,16). The summed E-state index contributed by atoms with van der Waals surface area (Å²) in [5.74, 6) is -3.29. The topological polar surface area (TPSA) is 113 Å². The van der Waals surface area contributed by atoms with Gasteiger partial charge in [-0.1, -0.05) is 20.8 Å². The molecule has 7 nitrogen and oxygen atoms in total. The van der Waals surface area contributed by atoms with Gasteiger partial charge in [0.2, 0.25) is 0 Å². The normalized spacial score (nSPS) is 14.4. The maximum absolute atomic E-state index is 11.1. The third kappa shape index (κ3) is 5.03. The van der Waals surface area contributed by atoms with E-state index in [0.29, 0.717) is 0 Å². The molecule has 0 heterocycles. The minimum atomic E-state index is -1.30. The molecule has 7 heteroatoms. The van der Waals surface area contributed by atoms with Crippen molar-refractivity contribution in [3.63, 3.8) is 0 Å². The van der Waals surface area contributed by atoms with E-state index in [-0.39, 0.29) is 6.42 Å². The lowest BCUT2D eigenvalue weighted by Gasteiger charge is -2.29. The van der Waals surface area contributed by atoms with E-state index in [0.717, 1.165) is 7.11 Å². The number of hydrogen-bond donors (Lipinski definition) is 3. The van der Waals surface area contributed by atoms with Gasteiger partial charge in [-0.3, -0.25) is 4.79 Å². The lowest BCUT2D eigenvalue weighted by atomic mass is 9.77. The number of alkyl carbamates (subject to hydrolysis) is 1. The van der Waals surface area contributed by atoms with Crippen LogP contribution in [-0.4, -0.2) is 41.4 Å². The fourth-order valence-electron chi connectivity index (χ4n) is 1.48. The lowest BCUT2D eigenvalue weighted by Crippen LogP contribution is -2.45. The third-order valence-electron chi connectivity index (χ3n) is 2.59. The van der Waals surface area contributed by atoms with Gasteiger partial charge in [0.1, 0.15) is 6.04 Å². The molecular weight excluding hydrogens is 242 g/mol. The zero-order valence-corrected chi connectivity index (χ0v) is 10.9. The minimum Gasteiger partial charge on any atom is -0.481 e. The average molecular weight is 261 g/mol. The molecule has 0 rings (SSSR count). The van der Waals surface area contributed by atoms with Crippen LogP contribution in [0, 0.1) is 11.3 Å². The van der Waals surface area contributed by atoms with Gasteiger partial charge < -0.3 is 20.3 Å². The average Bonchev–Trinajstić information content (AvgIpc) is 2.20. The van der Waals surface area contributed by atoms with Gasteiger partial charge in [0.25, 0.3) is 0 Å². The molecule has 0 aliphatic heterocycles. The van der Waals surface area contributed by atoms with Crippen LogP contribution < -0.4 is 5.32 Å². The first-order chi connectivity index (χ1) is 8.09. The molecule has 0 aromatic heterocycles. The zero-order chi connectivity index (χ0) is 14.5. The molecule has 2 unspecified atom stereocenters. The number of methoxy groups -OCH3 is 1. The molecule has 2 atom stereocenters. The SMILES string of the molecule is COC(=O)NC(CC(C(=O)O)C(C)(C)C)C(=O)O. The molecule has 0 radical (unpaired) electrons. The van der Waals surface area contributed by atoms with Crippen molar-refractivity contribution >= 4 is 18.0 Å². The van der Waals surface area contributed by atoms with Crippen molar-refractivity contribution < 1.29 is 29.3 Å². The van der Waals surface area contributed by atoms with Crippen molar-refractivity contribution in [2.45, 2.75) is 33.2 Å². The molecule has 0 saturated carbocycles. The summed E-state index contributed by atoms with van der Waals surface area (Å²) in [6.45, 7) is 5.09. The fourth-order valence-corrected chi connectivity index (χ4v) is 1.48. The Hall–Kier alpha value is -1.79. The van der Waals surface area contributed by atoms with Crippen molar-refractivity contribution in [2.24, 2.45) is 11.3 Å². The van der Waals surface area contributed by atoms with E-state index < -0.39 is 35.4 Å². The number of carbonyl (C=O) groups excluding carboxylic acids is 1. The summed E-state index contributed by atoms with van der Waals surface area (Å²) < 4.78 is 4.30. The van der Waals surface area contributed by atoms with Crippen LogP contribution in [0.5, 0.6) is 0 Å². The van der Waals surface area contributed by atoms with Crippen molar-refractivity contribution in [1.82, 2.24) is 5.32 Å². The zero-order valence-electron chi connectivity index (χ0n) is 10.9. The van der Waals surface area contributed by atoms with Gasteiger partial charge in [0, 0.05) is 0 Å². The van der Waals surface area contributed by atoms with Crippen LogP contribution in [0.3, 0.4) is 0 Å². The molecular formula is C11H19NO6. The smallest absolute Gasteiger partial charge is 0.407 e. The number of rotatable bonds is 5. The van der Waals surface area contributed by atoms with E-state index in [1.54, 1.807) is 20.8 Å². The number of carboxylic acids is 2. The minimum absolute atomic E-state index is 0.205. The summed E-state index contributed by atoms with van der Waals surface area (Å²) in [5, 5.41) is 20.1. The molecule has 0 aliphatic carbocycles. The monoisotopic (exact) mass is 261 g/mol. The summed E-state index contributed by atoms with van der Waals surface area (Å²) in [6.07, 6.45) is -1.11. The Morgan fingerprint density at radius 2 is 1.67 bits per heavy atom. The van der Waals surface area contributed by atoms with Gasteiger partial charge in [0.05, 0.1) is 13.0 Å². The Bertz CT molecular complexity index is 333. The molecule has 0 aromatic carbocycles. The van der Waals surface area contributed by atoms with Crippen LogP contribution in [0.25, 0.3) is 0 Å². The van der Waals surface area contributed by atoms with E-state index >= 15 is 0 Å². The molecule has 18 heavy (non-hydrogen) atoms. The van der Waals surface area contributed by atoms with E-state index in [1.165, 1.54) is 0 Å². The molecule has 0 fully saturated rings. The van der Waals surface area contributed by atoms with Crippen molar-refractivity contribution in [1.29, 1.82) is 0 Å². The summed E-state index contributed by atoms with van der Waals surface area (Å²) in [5.41, 5.74) is -0.614. The number of hydrogen-bond acceptors (Lipinski definition) is 4. The second-order valence-electron chi connectivity index (χ2n) is 5.02. The third-order valence-corrected chi connectivity index (χ3v) is 2.59. The second kappa shape index (κ2) is 6.23. The van der Waals surface area contributed by atoms with Gasteiger partial charge in [-0.05, 0) is 11.8 Å². The molecule has 0 bridgehead atoms. The first kappa shape index (κ1) is 16.2. The predicted molar refractivity (Wildman–Crippen MR) is 62.2 cm³/mol. The largest absolute Gasteiger partial charge is 0.481 e. The maximum Gasteiger partial charge on any atom is 0.407 e. The molecule has 3 N–H and O–H groups in total. The number of ether oxygens (including phenoxy) is 1. The quantitative estimate of drug-likeness (QED) is 0.678. The predicted octanol–water partition coefficient (Wildman–Crippen LogP) is 0.933. The highest BCUT2D eigenvalue weighted by Crippen LogP contribution is 2.30. The molecule has 104 valence electrons. The summed E-state index contributed by atoms with van der Waals surface area (Å²) in [7, 11) is 1.10. The number of aliphatic carboxylic acids is 2. The van der Waals surface area contributed by atoms with Crippen molar-refractivity contribution in [2.75, 3.05) is 7.11 Å². The van der Waals surface area contributed by atoms with Crippen molar-refractivity contribution in [3.05, 3.63) is 0 Å². The number of carbonyl (C=O) groups is 3. The number of carboxylic acid groups (broad SMARTS) is 2. The lowest BCUT2D eigenvalue weighted by molar-refractivity contribution is -0.147. The Kier molecular flexibility index (Phi) is 5.61. The van der Waals surface area contributed by atoms with Crippen LogP contribution in [0.4, 0.5) is 4.79 Å². The highest BCUT2D eigenvalue weighted by Gasteiger charge is 2.36. The summed E-state index contributed by atoms with van der Waals surface area (Å²) in [6, 6.07) is -1.29. The van der Waals surface area contributed by atoms with Crippen LogP contribution >= 0.6 is 0 Å². The molecule has 0 aromatic rings. The Morgan fingerprint density at radius 1 is 1.17 bits per heavy atom. The van der Waals surface area contributed by atoms with E-state index in [9.17, 15) is 14.4 Å². The van der Waals surface area contributed by atoms with Crippen LogP contribution in [0.15, 0.2) is 0 Å². The Labute approximate surface area is 105 Å². The van der Waals surface area contributed by atoms with Gasteiger partial charge in [0.15, 0.2) is 0 Å². The second-order valence-corrected chi connectivity index (χ2v) is 5.02. The Morgan fingerprint density at radius 3 is 1.94 bits per heavy atom. The van der Waals surface area contributed by atoms with Gasteiger partial charge in [-0.2, -0.15) is 0 Å². The maximum atomic E-state index is 11.1. The molecule has 1 amide bonds. The summed E-state index contributed by atoms with van der Waals surface area (Å²) >= 11 is 0. The first-order valence-corrected chi connectivity index (χ1v) is 5.39. The Balaban J connectivity index is 4.89. The van der Waals surface area contributed by atoms with Crippen LogP contribution in [-0.2, 0) is 14.3 Å². The number of nitrogens with one attached hydrogen (secondary N) is 1. The molecule has 0 saturated heterocycles. The van der Waals surface area contributed by atoms with Crippen LogP contribution in [0.2, 0.25) is 0 Å². The number of amides is 1. The van der Waals surface area contributed by atoms with E-state index in [4.69, 9.17) is 10.2 Å². The van der Waals surface area contributed by atoms with Gasteiger partial charge in [-0.25, -0.2) is 9.59 Å². The highest BCUT2D eigenvalue weighted by atomic mass is 16.5. The first-order valence-electron chi connectivity index (χ1n) is 5.39. The van der Waals surface area contributed by atoms with Crippen LogP contribution in [0.1, 0.15) is 27.2 Å². The van der Waals surface area contributed by atoms with E-state index in [1.807, 2.05) is 0 Å². The highest BCUT2D eigenvalue weighted by molar-refractivity contribution is 5.81. The summed E-state index contributed by atoms with van der Waals surface area (Å²) in [4.78, 5) is 33.1. The molecule has 0 spiro atoms.